The summed E-state index contributed by atoms with van der Waals surface area (Å²) < 4.78 is 23.0. The molecule has 2 aliphatic rings. The average Bonchev–Trinajstić information content (AvgIpc) is 2.46. The van der Waals surface area contributed by atoms with E-state index in [-0.39, 0.29) is 4.90 Å². The Morgan fingerprint density at radius 3 is 2.71 bits per heavy atom. The van der Waals surface area contributed by atoms with Gasteiger partial charge in [0.2, 0.25) is 10.0 Å². The number of nitrogens with zero attached hydrogens (tertiary/aromatic N) is 2. The van der Waals surface area contributed by atoms with Crippen LogP contribution < -0.4 is 15.8 Å². The van der Waals surface area contributed by atoms with Crippen molar-refractivity contribution in [2.75, 3.05) is 36.8 Å². The molecule has 1 atom stereocenters. The summed E-state index contributed by atoms with van der Waals surface area (Å²) in [5.74, 6) is 0. The van der Waals surface area contributed by atoms with E-state index in [9.17, 15) is 8.42 Å². The predicted molar refractivity (Wildman–Crippen MR) is 83.7 cm³/mol. The SMILES string of the molecule is Nc1ccc(S(N)(=O)=O)cc1N1CCN2CCCCC2C1. The van der Waals surface area contributed by atoms with Crippen LogP contribution in [0.2, 0.25) is 0 Å². The van der Waals surface area contributed by atoms with Gasteiger partial charge in [0.25, 0.3) is 0 Å². The van der Waals surface area contributed by atoms with Crippen molar-refractivity contribution < 1.29 is 8.42 Å². The summed E-state index contributed by atoms with van der Waals surface area (Å²) in [5, 5.41) is 5.22. The van der Waals surface area contributed by atoms with E-state index in [2.05, 4.69) is 9.80 Å². The number of hydrogen-bond acceptors (Lipinski definition) is 5. The quantitative estimate of drug-likeness (QED) is 0.780. The molecule has 0 saturated carbocycles. The van der Waals surface area contributed by atoms with Gasteiger partial charge in [-0.3, -0.25) is 4.90 Å². The standard InChI is InChI=1S/C14H22N4O2S/c15-13-5-4-12(21(16,19)20)9-14(13)18-8-7-17-6-2-1-3-11(17)10-18/h4-5,9,11H,1-3,6-8,10,15H2,(H2,16,19,20). The molecule has 0 aliphatic carbocycles. The number of hydrogen-bond donors (Lipinski definition) is 2. The molecule has 0 radical (unpaired) electrons. The Kier molecular flexibility index (Phi) is 3.81. The fourth-order valence-electron chi connectivity index (χ4n) is 3.35. The van der Waals surface area contributed by atoms with Gasteiger partial charge in [-0.25, -0.2) is 13.6 Å². The first-order valence-electron chi connectivity index (χ1n) is 7.36. The maximum Gasteiger partial charge on any atom is 0.238 e. The van der Waals surface area contributed by atoms with E-state index in [0.29, 0.717) is 11.7 Å². The maximum atomic E-state index is 11.5. The second kappa shape index (κ2) is 5.47. The van der Waals surface area contributed by atoms with Crippen LogP contribution in [-0.4, -0.2) is 45.5 Å². The zero-order valence-corrected chi connectivity index (χ0v) is 12.8. The van der Waals surface area contributed by atoms with Crippen molar-refractivity contribution in [2.24, 2.45) is 5.14 Å². The van der Waals surface area contributed by atoms with Crippen molar-refractivity contribution in [3.8, 4) is 0 Å². The lowest BCUT2D eigenvalue weighted by molar-refractivity contribution is 0.133. The number of nitrogen functional groups attached to an aromatic ring is 1. The molecule has 2 saturated heterocycles. The number of piperidine rings is 1. The summed E-state index contributed by atoms with van der Waals surface area (Å²) in [6.45, 7) is 3.95. The summed E-state index contributed by atoms with van der Waals surface area (Å²) in [5.41, 5.74) is 7.43. The van der Waals surface area contributed by atoms with Crippen LogP contribution in [0.3, 0.4) is 0 Å². The first-order valence-corrected chi connectivity index (χ1v) is 8.91. The maximum absolute atomic E-state index is 11.5. The lowest BCUT2D eigenvalue weighted by Crippen LogP contribution is -2.55. The minimum Gasteiger partial charge on any atom is -0.397 e. The minimum atomic E-state index is -3.70. The molecule has 0 aromatic heterocycles. The van der Waals surface area contributed by atoms with Gasteiger partial charge >= 0.3 is 0 Å². The predicted octanol–water partition coefficient (Wildman–Crippen LogP) is 0.591. The van der Waals surface area contributed by atoms with E-state index in [1.54, 1.807) is 12.1 Å². The number of benzene rings is 1. The van der Waals surface area contributed by atoms with Gasteiger partial charge in [-0.05, 0) is 37.6 Å². The summed E-state index contributed by atoms with van der Waals surface area (Å²) in [7, 11) is -3.70. The van der Waals surface area contributed by atoms with Gasteiger partial charge in [-0.15, -0.1) is 0 Å². The summed E-state index contributed by atoms with van der Waals surface area (Å²) in [6, 6.07) is 5.24. The Hall–Kier alpha value is -1.31. The molecule has 0 amide bonds. The lowest BCUT2D eigenvalue weighted by Gasteiger charge is -2.45. The third kappa shape index (κ3) is 3.00. The molecule has 21 heavy (non-hydrogen) atoms. The number of rotatable bonds is 2. The van der Waals surface area contributed by atoms with Gasteiger partial charge in [0, 0.05) is 25.7 Å². The molecule has 6 nitrogen and oxygen atoms in total. The van der Waals surface area contributed by atoms with Crippen LogP contribution in [0.5, 0.6) is 0 Å². The molecule has 116 valence electrons. The molecule has 7 heteroatoms. The fourth-order valence-corrected chi connectivity index (χ4v) is 3.88. The largest absolute Gasteiger partial charge is 0.397 e. The molecule has 1 unspecified atom stereocenters. The van der Waals surface area contributed by atoms with Crippen molar-refractivity contribution in [1.29, 1.82) is 0 Å². The smallest absolute Gasteiger partial charge is 0.238 e. The van der Waals surface area contributed by atoms with Crippen molar-refractivity contribution in [2.45, 2.75) is 30.2 Å². The molecular weight excluding hydrogens is 288 g/mol. The Balaban J connectivity index is 1.86. The second-order valence-corrected chi connectivity index (χ2v) is 7.46. The summed E-state index contributed by atoms with van der Waals surface area (Å²) in [4.78, 5) is 4.84. The van der Waals surface area contributed by atoms with Crippen LogP contribution in [-0.2, 0) is 10.0 Å². The van der Waals surface area contributed by atoms with Crippen LogP contribution in [0, 0.1) is 0 Å². The van der Waals surface area contributed by atoms with Crippen LogP contribution in [0.1, 0.15) is 19.3 Å². The van der Waals surface area contributed by atoms with Gasteiger partial charge in [-0.2, -0.15) is 0 Å². The van der Waals surface area contributed by atoms with E-state index in [4.69, 9.17) is 10.9 Å². The Labute approximate surface area is 125 Å². The van der Waals surface area contributed by atoms with E-state index in [0.717, 1.165) is 25.3 Å². The molecule has 0 spiro atoms. The van der Waals surface area contributed by atoms with E-state index in [1.807, 2.05) is 0 Å². The second-order valence-electron chi connectivity index (χ2n) is 5.90. The lowest BCUT2D eigenvalue weighted by atomic mass is 9.99. The molecule has 3 rings (SSSR count). The number of nitrogens with two attached hydrogens (primary N) is 2. The van der Waals surface area contributed by atoms with Crippen molar-refractivity contribution in [3.05, 3.63) is 18.2 Å². The molecule has 2 fully saturated rings. The Morgan fingerprint density at radius 1 is 1.14 bits per heavy atom. The number of primary sulfonamides is 1. The molecule has 2 aliphatic heterocycles. The molecule has 1 aromatic carbocycles. The van der Waals surface area contributed by atoms with Crippen LogP contribution in [0.15, 0.2) is 23.1 Å². The highest BCUT2D eigenvalue weighted by atomic mass is 32.2. The van der Waals surface area contributed by atoms with Gasteiger partial charge in [0.05, 0.1) is 16.3 Å². The molecule has 0 bridgehead atoms. The fraction of sp³-hybridized carbons (Fsp3) is 0.571. The third-order valence-electron chi connectivity index (χ3n) is 4.51. The van der Waals surface area contributed by atoms with Gasteiger partial charge in [0.1, 0.15) is 0 Å². The topological polar surface area (TPSA) is 92.7 Å². The number of anilines is 2. The highest BCUT2D eigenvalue weighted by Gasteiger charge is 2.29. The first-order chi connectivity index (χ1) is 9.95. The van der Waals surface area contributed by atoms with Crippen molar-refractivity contribution in [3.63, 3.8) is 0 Å². The minimum absolute atomic E-state index is 0.123. The zero-order valence-electron chi connectivity index (χ0n) is 12.0. The molecule has 2 heterocycles. The number of fused-ring (bicyclic) bond motifs is 1. The van der Waals surface area contributed by atoms with Gasteiger partial charge < -0.3 is 10.6 Å². The molecular formula is C14H22N4O2S. The third-order valence-corrected chi connectivity index (χ3v) is 5.42. The van der Waals surface area contributed by atoms with Crippen molar-refractivity contribution in [1.82, 2.24) is 4.90 Å². The Morgan fingerprint density at radius 2 is 1.95 bits per heavy atom. The van der Waals surface area contributed by atoms with Gasteiger partial charge in [0.15, 0.2) is 0 Å². The molecule has 1 aromatic rings. The average molecular weight is 310 g/mol. The van der Waals surface area contributed by atoms with Crippen LogP contribution in [0.25, 0.3) is 0 Å². The number of piperazine rings is 1. The van der Waals surface area contributed by atoms with Crippen molar-refractivity contribution >= 4 is 21.4 Å². The summed E-state index contributed by atoms with van der Waals surface area (Å²) >= 11 is 0. The van der Waals surface area contributed by atoms with E-state index in [1.165, 1.54) is 31.9 Å². The highest BCUT2D eigenvalue weighted by molar-refractivity contribution is 7.89. The highest BCUT2D eigenvalue weighted by Crippen LogP contribution is 2.30. The first kappa shape index (κ1) is 14.6. The Bertz CT molecular complexity index is 632. The van der Waals surface area contributed by atoms with Gasteiger partial charge in [-0.1, -0.05) is 6.42 Å². The van der Waals surface area contributed by atoms with Crippen LogP contribution in [0.4, 0.5) is 11.4 Å². The summed E-state index contributed by atoms with van der Waals surface area (Å²) in [6.07, 6.45) is 3.74. The van der Waals surface area contributed by atoms with E-state index >= 15 is 0 Å². The molecule has 4 N–H and O–H groups in total. The number of sulfonamides is 1. The normalized spacial score (nSPS) is 23.9. The van der Waals surface area contributed by atoms with E-state index < -0.39 is 10.0 Å². The zero-order chi connectivity index (χ0) is 15.0. The monoisotopic (exact) mass is 310 g/mol. The van der Waals surface area contributed by atoms with Crippen LogP contribution >= 0.6 is 0 Å².